The van der Waals surface area contributed by atoms with E-state index in [0.717, 1.165) is 28.0 Å². The summed E-state index contributed by atoms with van der Waals surface area (Å²) in [4.78, 5) is 60.9. The molecule has 2 aromatic carbocycles. The summed E-state index contributed by atoms with van der Waals surface area (Å²) in [6, 6.07) is 6.62. The van der Waals surface area contributed by atoms with Gasteiger partial charge in [0.1, 0.15) is 40.7 Å². The Kier molecular flexibility index (Phi) is 9.52. The highest BCUT2D eigenvalue weighted by Gasteiger charge is 2.54. The number of nitrogens with zero attached hydrogens (tertiary/aromatic N) is 5. The predicted molar refractivity (Wildman–Crippen MR) is 176 cm³/mol. The number of hydrogen-bond acceptors (Lipinski definition) is 17. The second kappa shape index (κ2) is 14.0. The second-order valence-electron chi connectivity index (χ2n) is 10.4. The van der Waals surface area contributed by atoms with Gasteiger partial charge in [0.15, 0.2) is 22.3 Å². The number of rotatable bonds is 12. The van der Waals surface area contributed by atoms with Crippen LogP contribution in [0.15, 0.2) is 67.8 Å². The van der Waals surface area contributed by atoms with E-state index in [1.165, 1.54) is 53.5 Å². The van der Waals surface area contributed by atoms with E-state index in [4.69, 9.17) is 15.0 Å². The van der Waals surface area contributed by atoms with Crippen molar-refractivity contribution in [3.05, 3.63) is 69.9 Å². The van der Waals surface area contributed by atoms with Gasteiger partial charge < -0.3 is 45.8 Å². The molecular formula is C29H23N7O11S3. The number of carbonyl (C=O) groups excluding carboxylic acids is 2. The molecule has 2 aliphatic heterocycles. The van der Waals surface area contributed by atoms with Crippen LogP contribution < -0.4 is 11.1 Å². The number of benzene rings is 2. The van der Waals surface area contributed by atoms with Crippen molar-refractivity contribution in [2.45, 2.75) is 23.2 Å². The van der Waals surface area contributed by atoms with Crippen molar-refractivity contribution in [3.8, 4) is 28.7 Å². The van der Waals surface area contributed by atoms with Crippen LogP contribution in [0.3, 0.4) is 0 Å². The van der Waals surface area contributed by atoms with Crippen LogP contribution in [0, 0.1) is 0 Å². The number of aromatic carboxylic acids is 1. The first-order chi connectivity index (χ1) is 23.9. The topological polar surface area (TPSA) is 284 Å². The maximum Gasteiger partial charge on any atom is 0.352 e. The minimum absolute atomic E-state index is 0.0404. The van der Waals surface area contributed by atoms with Crippen LogP contribution >= 0.6 is 34.9 Å². The van der Waals surface area contributed by atoms with Crippen LogP contribution in [0.4, 0.5) is 5.13 Å². The quantitative estimate of drug-likeness (QED) is 0.0359. The van der Waals surface area contributed by atoms with Crippen LogP contribution in [0.1, 0.15) is 21.6 Å². The summed E-state index contributed by atoms with van der Waals surface area (Å²) in [5.41, 5.74) is 5.93. The molecule has 0 spiro atoms. The van der Waals surface area contributed by atoms with Gasteiger partial charge in [0.2, 0.25) is 5.89 Å². The maximum absolute atomic E-state index is 13.4. The van der Waals surface area contributed by atoms with E-state index in [0.29, 0.717) is 16.7 Å². The molecule has 4 aromatic rings. The van der Waals surface area contributed by atoms with E-state index in [-0.39, 0.29) is 68.5 Å². The smallest absolute Gasteiger partial charge is 0.352 e. The van der Waals surface area contributed by atoms with E-state index in [1.807, 2.05) is 0 Å². The Hall–Kier alpha value is -5.80. The number of aromatic nitrogens is 3. The summed E-state index contributed by atoms with van der Waals surface area (Å²) in [7, 11) is 0. The first-order valence-corrected chi connectivity index (χ1v) is 17.0. The number of carboxylic acid groups (broad SMARTS) is 2. The third kappa shape index (κ3) is 6.86. The van der Waals surface area contributed by atoms with E-state index in [9.17, 15) is 44.7 Å². The molecule has 50 heavy (non-hydrogen) atoms. The first-order valence-electron chi connectivity index (χ1n) is 14.1. The molecule has 4 heterocycles. The first kappa shape index (κ1) is 34.1. The summed E-state index contributed by atoms with van der Waals surface area (Å²) >= 11 is 3.30. The van der Waals surface area contributed by atoms with Crippen LogP contribution in [0.2, 0.25) is 0 Å². The van der Waals surface area contributed by atoms with Crippen molar-refractivity contribution in [1.29, 1.82) is 0 Å². The molecule has 1 fully saturated rings. The lowest BCUT2D eigenvalue weighted by atomic mass is 10.0. The summed E-state index contributed by atoms with van der Waals surface area (Å²) in [5, 5.41) is 63.5. The number of phenolic OH excluding ortho intramolecular Hbond substituents is 2. The normalized spacial score (nSPS) is 17.2. The number of carboxylic acids is 2. The van der Waals surface area contributed by atoms with Gasteiger partial charge in [-0.2, -0.15) is 0 Å². The molecule has 2 aliphatic rings. The summed E-state index contributed by atoms with van der Waals surface area (Å²) in [6.07, 6.45) is 0. The third-order valence-corrected chi connectivity index (χ3v) is 10.1. The Bertz CT molecular complexity index is 2100. The van der Waals surface area contributed by atoms with Crippen molar-refractivity contribution in [3.63, 3.8) is 0 Å². The number of anilines is 1. The lowest BCUT2D eigenvalue weighted by Gasteiger charge is -2.49. The zero-order chi connectivity index (χ0) is 35.7. The maximum atomic E-state index is 13.4. The molecule has 21 heteroatoms. The lowest BCUT2D eigenvalue weighted by Crippen LogP contribution is -2.71. The minimum atomic E-state index is -1.35. The number of oxime groups is 1. The fraction of sp³-hybridized carbons (Fsp3) is 0.172. The van der Waals surface area contributed by atoms with E-state index >= 15 is 0 Å². The van der Waals surface area contributed by atoms with Gasteiger partial charge in [-0.25, -0.2) is 14.6 Å². The molecule has 1 saturated heterocycles. The van der Waals surface area contributed by atoms with E-state index < -0.39 is 40.9 Å². The van der Waals surface area contributed by atoms with Gasteiger partial charge in [0.05, 0.1) is 0 Å². The van der Waals surface area contributed by atoms with Gasteiger partial charge in [-0.05, 0) is 41.5 Å². The molecule has 6 rings (SSSR count). The van der Waals surface area contributed by atoms with Gasteiger partial charge >= 0.3 is 11.9 Å². The SMILES string of the molecule is Nc1nc(C(=NOCc2ccc(O)c(C(=O)O)c2)C(=O)N[C@@H]2C(=O)N3C(C(=O)O)=C(CSc4nnc(-c5ccc(O)c(O)c5)o4)CS[C@H]23)cs1. The monoisotopic (exact) mass is 741 g/mol. The molecule has 0 bridgehead atoms. The number of aromatic hydroxyl groups is 3. The zero-order valence-electron chi connectivity index (χ0n) is 25.0. The highest BCUT2D eigenvalue weighted by atomic mass is 32.2. The number of nitrogen functional groups attached to an aromatic ring is 1. The van der Waals surface area contributed by atoms with Crippen molar-refractivity contribution >= 4 is 69.5 Å². The average Bonchev–Trinajstić information content (AvgIpc) is 3.74. The number of nitrogens with two attached hydrogens (primary N) is 1. The molecule has 2 amide bonds. The Labute approximate surface area is 292 Å². The standard InChI is InChI=1S/C29H23N7O11S3/c30-28-31-15(10-49-28)19(35-46-7-11-1-3-16(37)14(5-11)26(42)43)22(40)32-20-24(41)36-21(27(44)45)13(8-48-25(20)36)9-50-29-34-33-23(47-29)12-2-4-17(38)18(39)6-12/h1-6,10,20,25,37-39H,7-9H2,(H2,30,31)(H,32,40)(H,42,43)(H,44,45)/t20-,25-/m1/s1. The van der Waals surface area contributed by atoms with Crippen LogP contribution in [0.25, 0.3) is 11.5 Å². The van der Waals surface area contributed by atoms with Crippen molar-refractivity contribution < 1.29 is 54.0 Å². The zero-order valence-corrected chi connectivity index (χ0v) is 27.5. The van der Waals surface area contributed by atoms with Gasteiger partial charge in [0, 0.05) is 22.4 Å². The van der Waals surface area contributed by atoms with E-state index in [1.54, 1.807) is 0 Å². The van der Waals surface area contributed by atoms with Crippen molar-refractivity contribution in [2.24, 2.45) is 5.16 Å². The minimum Gasteiger partial charge on any atom is -0.507 e. The number of phenols is 3. The Morgan fingerprint density at radius 1 is 1.08 bits per heavy atom. The lowest BCUT2D eigenvalue weighted by molar-refractivity contribution is -0.150. The van der Waals surface area contributed by atoms with Gasteiger partial charge in [-0.1, -0.05) is 23.0 Å². The number of nitrogens with one attached hydrogen (secondary N) is 1. The Morgan fingerprint density at radius 2 is 1.86 bits per heavy atom. The Morgan fingerprint density at radius 3 is 2.56 bits per heavy atom. The third-order valence-electron chi connectivity index (χ3n) is 7.19. The van der Waals surface area contributed by atoms with Gasteiger partial charge in [0.25, 0.3) is 17.0 Å². The van der Waals surface area contributed by atoms with Gasteiger partial charge in [-0.3, -0.25) is 14.5 Å². The van der Waals surface area contributed by atoms with Crippen molar-refractivity contribution in [1.82, 2.24) is 25.4 Å². The van der Waals surface area contributed by atoms with E-state index in [2.05, 4.69) is 25.7 Å². The fourth-order valence-electron chi connectivity index (χ4n) is 4.81. The largest absolute Gasteiger partial charge is 0.507 e. The number of fused-ring (bicyclic) bond motifs is 1. The molecular weight excluding hydrogens is 719 g/mol. The van der Waals surface area contributed by atoms with Crippen LogP contribution in [0.5, 0.6) is 17.2 Å². The number of thiazole rings is 1. The summed E-state index contributed by atoms with van der Waals surface area (Å²) in [5.74, 6) is -5.03. The predicted octanol–water partition coefficient (Wildman–Crippen LogP) is 2.04. The number of carbonyl (C=O) groups is 4. The van der Waals surface area contributed by atoms with Crippen molar-refractivity contribution in [2.75, 3.05) is 17.2 Å². The molecule has 0 aliphatic carbocycles. The molecule has 18 nitrogen and oxygen atoms in total. The molecule has 258 valence electrons. The van der Waals surface area contributed by atoms with Crippen LogP contribution in [-0.4, -0.2) is 98.0 Å². The summed E-state index contributed by atoms with van der Waals surface area (Å²) < 4.78 is 5.60. The number of β-lactam (4-membered cyclic amide) rings is 1. The molecule has 0 unspecified atom stereocenters. The fourth-order valence-corrected chi connectivity index (χ4v) is 7.61. The molecule has 2 aromatic heterocycles. The molecule has 2 atom stereocenters. The highest BCUT2D eigenvalue weighted by molar-refractivity contribution is 8.01. The van der Waals surface area contributed by atoms with Crippen LogP contribution in [-0.2, 0) is 25.8 Å². The molecule has 8 N–H and O–H groups in total. The Balaban J connectivity index is 1.14. The number of amides is 2. The average molecular weight is 742 g/mol. The number of thioether (sulfide) groups is 2. The van der Waals surface area contributed by atoms with Gasteiger partial charge in [-0.15, -0.1) is 33.3 Å². The molecule has 0 saturated carbocycles. The molecule has 0 radical (unpaired) electrons. The second-order valence-corrected chi connectivity index (χ2v) is 13.3. The highest BCUT2D eigenvalue weighted by Crippen LogP contribution is 2.42. The number of aliphatic carboxylic acids is 1. The summed E-state index contributed by atoms with van der Waals surface area (Å²) in [6.45, 7) is -0.287. The number of hydrogen-bond donors (Lipinski definition) is 7.